The fourth-order valence-electron chi connectivity index (χ4n) is 3.02. The molecule has 1 aromatic carbocycles. The Balaban J connectivity index is 2.01. The van der Waals surface area contributed by atoms with Crippen molar-refractivity contribution in [3.05, 3.63) is 28.8 Å². The molecule has 3 rings (SSSR count). The van der Waals surface area contributed by atoms with E-state index in [1.54, 1.807) is 0 Å². The number of halogens is 1. The maximum Gasteiger partial charge on any atom is 0.0459 e. The molecule has 0 bridgehead atoms. The molecule has 0 spiro atoms. The zero-order valence-electron chi connectivity index (χ0n) is 9.54. The molecule has 0 unspecified atom stereocenters. The van der Waals surface area contributed by atoms with Crippen LogP contribution in [0.2, 0.25) is 5.02 Å². The SMILES string of the molecule is CC[C@@H]1CNC[C@H]2Cc3ccc(Cl)cc3N12. The zero-order chi connectivity index (χ0) is 11.1. The van der Waals surface area contributed by atoms with E-state index in [0.717, 1.165) is 24.5 Å². The quantitative estimate of drug-likeness (QED) is 0.806. The molecule has 2 heterocycles. The first-order chi connectivity index (χ1) is 7.79. The van der Waals surface area contributed by atoms with E-state index in [0.29, 0.717) is 12.1 Å². The Kier molecular flexibility index (Phi) is 2.56. The van der Waals surface area contributed by atoms with E-state index in [1.165, 1.54) is 17.7 Å². The molecule has 1 N–H and O–H groups in total. The highest BCUT2D eigenvalue weighted by Crippen LogP contribution is 2.37. The van der Waals surface area contributed by atoms with Gasteiger partial charge in [0.15, 0.2) is 0 Å². The van der Waals surface area contributed by atoms with E-state index in [1.807, 2.05) is 6.07 Å². The van der Waals surface area contributed by atoms with E-state index < -0.39 is 0 Å². The molecular weight excluding hydrogens is 220 g/mol. The smallest absolute Gasteiger partial charge is 0.0459 e. The van der Waals surface area contributed by atoms with Gasteiger partial charge in [-0.15, -0.1) is 0 Å². The number of hydrogen-bond acceptors (Lipinski definition) is 2. The summed E-state index contributed by atoms with van der Waals surface area (Å²) >= 11 is 6.10. The molecular formula is C13H17ClN2. The van der Waals surface area contributed by atoms with Gasteiger partial charge in [0.2, 0.25) is 0 Å². The molecule has 2 atom stereocenters. The Morgan fingerprint density at radius 3 is 3.12 bits per heavy atom. The lowest BCUT2D eigenvalue weighted by Crippen LogP contribution is -2.55. The summed E-state index contributed by atoms with van der Waals surface area (Å²) < 4.78 is 0. The van der Waals surface area contributed by atoms with Crippen LogP contribution in [0.5, 0.6) is 0 Å². The van der Waals surface area contributed by atoms with Crippen LogP contribution >= 0.6 is 11.6 Å². The third-order valence-electron chi connectivity index (χ3n) is 3.80. The molecule has 1 aromatic rings. The summed E-state index contributed by atoms with van der Waals surface area (Å²) in [4.78, 5) is 2.58. The molecule has 0 amide bonds. The van der Waals surface area contributed by atoms with E-state index in [4.69, 9.17) is 11.6 Å². The van der Waals surface area contributed by atoms with Crippen LogP contribution in [-0.2, 0) is 6.42 Å². The lowest BCUT2D eigenvalue weighted by atomic mass is 10.1. The first-order valence-electron chi connectivity index (χ1n) is 6.07. The summed E-state index contributed by atoms with van der Waals surface area (Å²) in [5.74, 6) is 0. The fourth-order valence-corrected chi connectivity index (χ4v) is 3.19. The minimum atomic E-state index is 0.624. The second kappa shape index (κ2) is 3.94. The molecule has 86 valence electrons. The minimum absolute atomic E-state index is 0.624. The van der Waals surface area contributed by atoms with Gasteiger partial charge in [0, 0.05) is 35.9 Å². The van der Waals surface area contributed by atoms with Gasteiger partial charge in [0.05, 0.1) is 0 Å². The Bertz CT molecular complexity index is 399. The number of benzene rings is 1. The van der Waals surface area contributed by atoms with Crippen molar-refractivity contribution in [2.24, 2.45) is 0 Å². The molecule has 3 heteroatoms. The largest absolute Gasteiger partial charge is 0.362 e. The van der Waals surface area contributed by atoms with Crippen molar-refractivity contribution in [3.63, 3.8) is 0 Å². The van der Waals surface area contributed by atoms with Gasteiger partial charge in [-0.2, -0.15) is 0 Å². The number of piperazine rings is 1. The van der Waals surface area contributed by atoms with Crippen LogP contribution in [-0.4, -0.2) is 25.2 Å². The Hall–Kier alpha value is -0.730. The van der Waals surface area contributed by atoms with Gasteiger partial charge in [0.25, 0.3) is 0 Å². The number of fused-ring (bicyclic) bond motifs is 3. The average molecular weight is 237 g/mol. The van der Waals surface area contributed by atoms with Crippen LogP contribution < -0.4 is 10.2 Å². The monoisotopic (exact) mass is 236 g/mol. The Morgan fingerprint density at radius 2 is 2.31 bits per heavy atom. The molecule has 16 heavy (non-hydrogen) atoms. The lowest BCUT2D eigenvalue weighted by Gasteiger charge is -2.40. The van der Waals surface area contributed by atoms with E-state index in [9.17, 15) is 0 Å². The predicted octanol–water partition coefficient (Wildman–Crippen LogP) is 2.45. The van der Waals surface area contributed by atoms with Gasteiger partial charge in [-0.3, -0.25) is 0 Å². The van der Waals surface area contributed by atoms with Crippen molar-refractivity contribution in [2.45, 2.75) is 31.8 Å². The first kappa shape index (κ1) is 10.4. The number of rotatable bonds is 1. The Morgan fingerprint density at radius 1 is 1.44 bits per heavy atom. The highest BCUT2D eigenvalue weighted by atomic mass is 35.5. The molecule has 2 aliphatic rings. The maximum atomic E-state index is 6.10. The first-order valence-corrected chi connectivity index (χ1v) is 6.45. The van der Waals surface area contributed by atoms with Gasteiger partial charge < -0.3 is 10.2 Å². The van der Waals surface area contributed by atoms with Crippen molar-refractivity contribution in [1.29, 1.82) is 0 Å². The van der Waals surface area contributed by atoms with Crippen molar-refractivity contribution in [1.82, 2.24) is 5.32 Å². The minimum Gasteiger partial charge on any atom is -0.362 e. The van der Waals surface area contributed by atoms with Gasteiger partial charge in [-0.25, -0.2) is 0 Å². The van der Waals surface area contributed by atoms with Crippen LogP contribution in [0.3, 0.4) is 0 Å². The third-order valence-corrected chi connectivity index (χ3v) is 4.03. The van der Waals surface area contributed by atoms with Crippen molar-refractivity contribution >= 4 is 17.3 Å². The van der Waals surface area contributed by atoms with Crippen molar-refractivity contribution in [2.75, 3.05) is 18.0 Å². The molecule has 2 nitrogen and oxygen atoms in total. The van der Waals surface area contributed by atoms with Gasteiger partial charge in [-0.1, -0.05) is 24.6 Å². The second-order valence-corrected chi connectivity index (χ2v) is 5.20. The molecule has 0 aliphatic carbocycles. The van der Waals surface area contributed by atoms with Crippen LogP contribution in [0, 0.1) is 0 Å². The van der Waals surface area contributed by atoms with Crippen LogP contribution in [0.15, 0.2) is 18.2 Å². The molecule has 1 saturated heterocycles. The third kappa shape index (κ3) is 1.52. The number of anilines is 1. The summed E-state index contributed by atoms with van der Waals surface area (Å²) in [6, 6.07) is 7.58. The molecule has 0 radical (unpaired) electrons. The number of hydrogen-bond donors (Lipinski definition) is 1. The maximum absolute atomic E-state index is 6.10. The molecule has 0 saturated carbocycles. The molecule has 2 aliphatic heterocycles. The number of nitrogens with one attached hydrogen (secondary N) is 1. The van der Waals surface area contributed by atoms with Crippen LogP contribution in [0.25, 0.3) is 0 Å². The van der Waals surface area contributed by atoms with Crippen LogP contribution in [0.4, 0.5) is 5.69 Å². The fraction of sp³-hybridized carbons (Fsp3) is 0.538. The zero-order valence-corrected chi connectivity index (χ0v) is 10.3. The predicted molar refractivity (Wildman–Crippen MR) is 68.4 cm³/mol. The van der Waals surface area contributed by atoms with E-state index >= 15 is 0 Å². The summed E-state index contributed by atoms with van der Waals surface area (Å²) in [7, 11) is 0. The lowest BCUT2D eigenvalue weighted by molar-refractivity contribution is 0.405. The normalized spacial score (nSPS) is 27.8. The summed E-state index contributed by atoms with van der Waals surface area (Å²) in [5, 5.41) is 4.39. The summed E-state index contributed by atoms with van der Waals surface area (Å²) in [6.07, 6.45) is 2.35. The van der Waals surface area contributed by atoms with E-state index in [-0.39, 0.29) is 0 Å². The highest BCUT2D eigenvalue weighted by molar-refractivity contribution is 6.30. The van der Waals surface area contributed by atoms with Gasteiger partial charge >= 0.3 is 0 Å². The molecule has 1 fully saturated rings. The van der Waals surface area contributed by atoms with E-state index in [2.05, 4.69) is 29.3 Å². The summed E-state index contributed by atoms with van der Waals surface area (Å²) in [5.41, 5.74) is 2.82. The topological polar surface area (TPSA) is 15.3 Å². The van der Waals surface area contributed by atoms with Gasteiger partial charge in [-0.05, 0) is 30.5 Å². The highest BCUT2D eigenvalue weighted by Gasteiger charge is 2.35. The number of nitrogens with zero attached hydrogens (tertiary/aromatic N) is 1. The van der Waals surface area contributed by atoms with Crippen molar-refractivity contribution in [3.8, 4) is 0 Å². The van der Waals surface area contributed by atoms with Crippen molar-refractivity contribution < 1.29 is 0 Å². The second-order valence-electron chi connectivity index (χ2n) is 4.76. The standard InChI is InChI=1S/C13H17ClN2/c1-2-11-7-15-8-12-5-9-3-4-10(14)6-13(9)16(11)12/h3-4,6,11-12,15H,2,5,7-8H2,1H3/t11-,12-/m1/s1. The average Bonchev–Trinajstić information content (AvgIpc) is 2.66. The molecule has 0 aromatic heterocycles. The summed E-state index contributed by atoms with van der Waals surface area (Å²) in [6.45, 7) is 4.46. The van der Waals surface area contributed by atoms with Crippen LogP contribution in [0.1, 0.15) is 18.9 Å². The van der Waals surface area contributed by atoms with Gasteiger partial charge in [0.1, 0.15) is 0 Å². The Labute approximate surface area is 102 Å².